The number of hydrogen-bond donors (Lipinski definition) is 1. The van der Waals surface area contributed by atoms with E-state index >= 15 is 0 Å². The predicted octanol–water partition coefficient (Wildman–Crippen LogP) is 2.59. The second kappa shape index (κ2) is 6.89. The quantitative estimate of drug-likeness (QED) is 0.712. The average molecular weight is 229 g/mol. The molecule has 0 aliphatic rings. The summed E-state index contributed by atoms with van der Waals surface area (Å²) in [5.74, 6) is 0.198. The Morgan fingerprint density at radius 1 is 1.31 bits per heavy atom. The van der Waals surface area contributed by atoms with Crippen LogP contribution in [0.1, 0.15) is 47.5 Å². The Hall–Kier alpha value is -0.570. The standard InChI is InChI=1S/C13H27NO2/c1-10(2)8-11(9-14)12(15)16-7-6-13(3,4)5/h10-11H,6-9,14H2,1-5H3. The molecule has 16 heavy (non-hydrogen) atoms. The highest BCUT2D eigenvalue weighted by atomic mass is 16.5. The zero-order valence-corrected chi connectivity index (χ0v) is 11.4. The van der Waals surface area contributed by atoms with E-state index in [1.165, 1.54) is 0 Å². The van der Waals surface area contributed by atoms with Gasteiger partial charge in [-0.15, -0.1) is 0 Å². The van der Waals surface area contributed by atoms with E-state index in [0.29, 0.717) is 19.1 Å². The molecule has 0 radical (unpaired) electrons. The van der Waals surface area contributed by atoms with E-state index in [2.05, 4.69) is 34.6 Å². The van der Waals surface area contributed by atoms with Crippen LogP contribution in [0.4, 0.5) is 0 Å². The smallest absolute Gasteiger partial charge is 0.310 e. The second-order valence-electron chi connectivity index (χ2n) is 6.04. The summed E-state index contributed by atoms with van der Waals surface area (Å²) in [5, 5.41) is 0. The van der Waals surface area contributed by atoms with Crippen LogP contribution in [0.15, 0.2) is 0 Å². The van der Waals surface area contributed by atoms with Crippen molar-refractivity contribution in [1.29, 1.82) is 0 Å². The van der Waals surface area contributed by atoms with Crippen molar-refractivity contribution in [3.63, 3.8) is 0 Å². The third kappa shape index (κ3) is 7.69. The zero-order chi connectivity index (χ0) is 12.8. The highest BCUT2D eigenvalue weighted by Gasteiger charge is 2.20. The highest BCUT2D eigenvalue weighted by Crippen LogP contribution is 2.19. The van der Waals surface area contributed by atoms with Crippen molar-refractivity contribution in [2.75, 3.05) is 13.2 Å². The first-order valence-corrected chi connectivity index (χ1v) is 6.13. The molecule has 0 spiro atoms. The van der Waals surface area contributed by atoms with Crippen molar-refractivity contribution in [1.82, 2.24) is 0 Å². The fourth-order valence-electron chi connectivity index (χ4n) is 1.43. The lowest BCUT2D eigenvalue weighted by molar-refractivity contribution is -0.149. The minimum absolute atomic E-state index is 0.138. The van der Waals surface area contributed by atoms with Crippen molar-refractivity contribution in [2.24, 2.45) is 23.0 Å². The molecular weight excluding hydrogens is 202 g/mol. The van der Waals surface area contributed by atoms with E-state index in [1.54, 1.807) is 0 Å². The zero-order valence-electron chi connectivity index (χ0n) is 11.4. The lowest BCUT2D eigenvalue weighted by atomic mass is 9.93. The summed E-state index contributed by atoms with van der Waals surface area (Å²) >= 11 is 0. The van der Waals surface area contributed by atoms with Crippen LogP contribution in [-0.4, -0.2) is 19.1 Å². The van der Waals surface area contributed by atoms with Crippen LogP contribution >= 0.6 is 0 Å². The maximum absolute atomic E-state index is 11.7. The number of rotatable bonds is 6. The molecule has 3 heteroatoms. The Morgan fingerprint density at radius 3 is 2.25 bits per heavy atom. The van der Waals surface area contributed by atoms with Gasteiger partial charge < -0.3 is 10.5 Å². The number of hydrogen-bond acceptors (Lipinski definition) is 3. The molecule has 0 heterocycles. The number of carbonyl (C=O) groups excluding carboxylic acids is 1. The molecule has 0 amide bonds. The molecule has 0 aliphatic carbocycles. The molecule has 96 valence electrons. The van der Waals surface area contributed by atoms with Gasteiger partial charge in [0, 0.05) is 6.54 Å². The van der Waals surface area contributed by atoms with Gasteiger partial charge in [0.2, 0.25) is 0 Å². The van der Waals surface area contributed by atoms with Crippen LogP contribution in [0, 0.1) is 17.3 Å². The van der Waals surface area contributed by atoms with Crippen LogP contribution in [-0.2, 0) is 9.53 Å². The van der Waals surface area contributed by atoms with E-state index in [9.17, 15) is 4.79 Å². The monoisotopic (exact) mass is 229 g/mol. The topological polar surface area (TPSA) is 52.3 Å². The maximum atomic E-state index is 11.7. The molecule has 0 aromatic heterocycles. The van der Waals surface area contributed by atoms with Gasteiger partial charge in [-0.1, -0.05) is 34.6 Å². The Morgan fingerprint density at radius 2 is 1.88 bits per heavy atom. The lowest BCUT2D eigenvalue weighted by Gasteiger charge is -2.20. The van der Waals surface area contributed by atoms with Gasteiger partial charge in [0.25, 0.3) is 0 Å². The van der Waals surface area contributed by atoms with Gasteiger partial charge in [-0.25, -0.2) is 0 Å². The van der Waals surface area contributed by atoms with Crippen molar-refractivity contribution in [2.45, 2.75) is 47.5 Å². The van der Waals surface area contributed by atoms with E-state index in [-0.39, 0.29) is 17.3 Å². The van der Waals surface area contributed by atoms with Crippen molar-refractivity contribution >= 4 is 5.97 Å². The van der Waals surface area contributed by atoms with Crippen molar-refractivity contribution in [3.05, 3.63) is 0 Å². The molecule has 2 N–H and O–H groups in total. The van der Waals surface area contributed by atoms with Gasteiger partial charge in [0.05, 0.1) is 12.5 Å². The second-order valence-corrected chi connectivity index (χ2v) is 6.04. The van der Waals surface area contributed by atoms with Gasteiger partial charge in [-0.05, 0) is 24.2 Å². The largest absolute Gasteiger partial charge is 0.465 e. The molecule has 0 aliphatic heterocycles. The Labute approximate surface area is 99.7 Å². The normalized spacial score (nSPS) is 13.9. The number of nitrogens with two attached hydrogens (primary N) is 1. The molecule has 0 aromatic carbocycles. The minimum Gasteiger partial charge on any atom is -0.465 e. The predicted molar refractivity (Wildman–Crippen MR) is 67.0 cm³/mol. The van der Waals surface area contributed by atoms with Crippen LogP contribution in [0.5, 0.6) is 0 Å². The molecule has 0 saturated carbocycles. The van der Waals surface area contributed by atoms with Crippen LogP contribution in [0.25, 0.3) is 0 Å². The van der Waals surface area contributed by atoms with Crippen LogP contribution < -0.4 is 5.73 Å². The van der Waals surface area contributed by atoms with Gasteiger partial charge in [0.1, 0.15) is 0 Å². The number of carbonyl (C=O) groups is 1. The lowest BCUT2D eigenvalue weighted by Crippen LogP contribution is -2.28. The molecule has 0 fully saturated rings. The van der Waals surface area contributed by atoms with Gasteiger partial charge in [0.15, 0.2) is 0 Å². The van der Waals surface area contributed by atoms with Crippen LogP contribution in [0.3, 0.4) is 0 Å². The third-order valence-electron chi connectivity index (χ3n) is 2.47. The third-order valence-corrected chi connectivity index (χ3v) is 2.47. The maximum Gasteiger partial charge on any atom is 0.310 e. The average Bonchev–Trinajstić information content (AvgIpc) is 2.11. The van der Waals surface area contributed by atoms with Gasteiger partial charge in [-0.3, -0.25) is 4.79 Å². The van der Waals surface area contributed by atoms with E-state index in [4.69, 9.17) is 10.5 Å². The number of esters is 1. The first-order chi connectivity index (χ1) is 7.26. The fourth-order valence-corrected chi connectivity index (χ4v) is 1.43. The molecule has 0 aromatic rings. The summed E-state index contributed by atoms with van der Waals surface area (Å²) < 4.78 is 5.25. The molecule has 1 unspecified atom stereocenters. The van der Waals surface area contributed by atoms with Gasteiger partial charge >= 0.3 is 5.97 Å². The summed E-state index contributed by atoms with van der Waals surface area (Å²) in [6.07, 6.45) is 1.70. The Balaban J connectivity index is 3.93. The molecule has 3 nitrogen and oxygen atoms in total. The first-order valence-electron chi connectivity index (χ1n) is 6.13. The first kappa shape index (κ1) is 15.4. The fraction of sp³-hybridized carbons (Fsp3) is 0.923. The van der Waals surface area contributed by atoms with E-state index < -0.39 is 0 Å². The van der Waals surface area contributed by atoms with Gasteiger partial charge in [-0.2, -0.15) is 0 Å². The van der Waals surface area contributed by atoms with E-state index in [0.717, 1.165) is 12.8 Å². The molecule has 0 rings (SSSR count). The highest BCUT2D eigenvalue weighted by molar-refractivity contribution is 5.72. The SMILES string of the molecule is CC(C)CC(CN)C(=O)OCCC(C)(C)C. The summed E-state index contributed by atoms with van der Waals surface area (Å²) in [6.45, 7) is 11.5. The molecule has 0 saturated heterocycles. The molecule has 0 bridgehead atoms. The summed E-state index contributed by atoms with van der Waals surface area (Å²) in [7, 11) is 0. The minimum atomic E-state index is -0.139. The summed E-state index contributed by atoms with van der Waals surface area (Å²) in [6, 6.07) is 0. The summed E-state index contributed by atoms with van der Waals surface area (Å²) in [4.78, 5) is 11.7. The molecular formula is C13H27NO2. The summed E-state index contributed by atoms with van der Waals surface area (Å²) in [5.41, 5.74) is 5.78. The van der Waals surface area contributed by atoms with Crippen molar-refractivity contribution < 1.29 is 9.53 Å². The Bertz CT molecular complexity index is 206. The Kier molecular flexibility index (Phi) is 6.65. The van der Waals surface area contributed by atoms with Crippen molar-refractivity contribution in [3.8, 4) is 0 Å². The number of ether oxygens (including phenoxy) is 1. The molecule has 1 atom stereocenters. The van der Waals surface area contributed by atoms with E-state index in [1.807, 2.05) is 0 Å². The van der Waals surface area contributed by atoms with Crippen LogP contribution in [0.2, 0.25) is 0 Å².